The van der Waals surface area contributed by atoms with Crippen LogP contribution in [0.2, 0.25) is 16.6 Å². The van der Waals surface area contributed by atoms with E-state index < -0.39 is 8.32 Å². The fourth-order valence-corrected chi connectivity index (χ4v) is 11.1. The van der Waals surface area contributed by atoms with Gasteiger partial charge in [0.05, 0.1) is 6.73 Å². The first-order chi connectivity index (χ1) is 12.7. The third kappa shape index (κ3) is 3.54. The van der Waals surface area contributed by atoms with Crippen molar-refractivity contribution in [3.8, 4) is 0 Å². The molecule has 27 heavy (non-hydrogen) atoms. The average Bonchev–Trinajstić information content (AvgIpc) is 2.88. The molecule has 2 heterocycles. The lowest BCUT2D eigenvalue weighted by molar-refractivity contribution is 0.0388. The zero-order chi connectivity index (χ0) is 19.8. The monoisotopic (exact) mass is 388 g/mol. The number of fused-ring (bicyclic) bond motifs is 1. The zero-order valence-electron chi connectivity index (χ0n) is 17.9. The largest absolute Gasteiger partial charge is 0.403 e. The van der Waals surface area contributed by atoms with Gasteiger partial charge in [-0.1, -0.05) is 41.5 Å². The maximum absolute atomic E-state index is 13.0. The molecule has 1 aliphatic carbocycles. The van der Waals surface area contributed by atoms with Gasteiger partial charge in [0.15, 0.2) is 5.78 Å². The molecule has 3 rings (SSSR count). The van der Waals surface area contributed by atoms with E-state index >= 15 is 0 Å². The molecule has 1 fully saturated rings. The molecule has 2 aliphatic rings. The summed E-state index contributed by atoms with van der Waals surface area (Å²) in [5, 5.41) is 0. The SMILES string of the molecule is CC(C)[Si](OCN1CCC2(CC1)Cc1cnccc1C2=O)(C(C)C)C(C)C. The Morgan fingerprint density at radius 2 is 1.70 bits per heavy atom. The van der Waals surface area contributed by atoms with E-state index in [0.717, 1.165) is 50.2 Å². The molecule has 150 valence electrons. The Morgan fingerprint density at radius 3 is 2.22 bits per heavy atom. The van der Waals surface area contributed by atoms with Crippen LogP contribution in [0.15, 0.2) is 18.5 Å². The summed E-state index contributed by atoms with van der Waals surface area (Å²) in [5.74, 6) is 0.343. The van der Waals surface area contributed by atoms with Crippen molar-refractivity contribution in [2.45, 2.75) is 77.4 Å². The smallest absolute Gasteiger partial charge is 0.202 e. The fraction of sp³-hybridized carbons (Fsp3) is 0.727. The van der Waals surface area contributed by atoms with Crippen LogP contribution in [0.1, 0.15) is 70.3 Å². The molecule has 1 aliphatic heterocycles. The van der Waals surface area contributed by atoms with Crippen LogP contribution in [0.3, 0.4) is 0 Å². The maximum atomic E-state index is 13.0. The van der Waals surface area contributed by atoms with Gasteiger partial charge in [0.1, 0.15) is 0 Å². The van der Waals surface area contributed by atoms with E-state index in [1.54, 1.807) is 6.20 Å². The minimum absolute atomic E-state index is 0.190. The first-order valence-corrected chi connectivity index (χ1v) is 12.7. The van der Waals surface area contributed by atoms with Crippen molar-refractivity contribution >= 4 is 14.1 Å². The van der Waals surface area contributed by atoms with Crippen LogP contribution in [0, 0.1) is 5.41 Å². The molecule has 1 aromatic rings. The average molecular weight is 389 g/mol. The number of likely N-dealkylation sites (tertiary alicyclic amines) is 1. The number of rotatable bonds is 6. The summed E-state index contributed by atoms with van der Waals surface area (Å²) in [4.78, 5) is 19.6. The van der Waals surface area contributed by atoms with E-state index in [0.29, 0.717) is 22.4 Å². The van der Waals surface area contributed by atoms with Gasteiger partial charge < -0.3 is 4.43 Å². The summed E-state index contributed by atoms with van der Waals surface area (Å²) in [6.07, 6.45) is 6.36. The van der Waals surface area contributed by atoms with E-state index in [1.165, 1.54) is 0 Å². The standard InChI is InChI=1S/C22H36N2O2Si/c1-16(2)27(17(3)4,18(5)6)26-15-24-11-8-22(9-12-24)13-19-14-23-10-7-20(19)21(22)25/h7,10,14,16-18H,8-9,11-13,15H2,1-6H3. The van der Waals surface area contributed by atoms with Crippen LogP contribution in [0.4, 0.5) is 0 Å². The summed E-state index contributed by atoms with van der Waals surface area (Å²) < 4.78 is 6.76. The van der Waals surface area contributed by atoms with Crippen molar-refractivity contribution in [1.29, 1.82) is 0 Å². The predicted octanol–water partition coefficient (Wildman–Crippen LogP) is 5.05. The number of piperidine rings is 1. The number of carbonyl (C=O) groups excluding carboxylic acids is 1. The van der Waals surface area contributed by atoms with Crippen molar-refractivity contribution in [2.24, 2.45) is 5.41 Å². The first-order valence-electron chi connectivity index (χ1n) is 10.6. The lowest BCUT2D eigenvalue weighted by Gasteiger charge is -2.45. The Morgan fingerprint density at radius 1 is 1.11 bits per heavy atom. The molecule has 0 aromatic carbocycles. The van der Waals surface area contributed by atoms with Gasteiger partial charge in [-0.05, 0) is 47.5 Å². The maximum Gasteiger partial charge on any atom is 0.202 e. The molecule has 1 aromatic heterocycles. The second-order valence-electron chi connectivity index (χ2n) is 9.53. The van der Waals surface area contributed by atoms with Crippen LogP contribution in [-0.4, -0.2) is 43.8 Å². The van der Waals surface area contributed by atoms with Crippen LogP contribution in [0.25, 0.3) is 0 Å². The third-order valence-electron chi connectivity index (χ3n) is 7.18. The number of hydrogen-bond acceptors (Lipinski definition) is 4. The van der Waals surface area contributed by atoms with Gasteiger partial charge in [-0.3, -0.25) is 14.7 Å². The van der Waals surface area contributed by atoms with Gasteiger partial charge in [0.2, 0.25) is 8.32 Å². The second kappa shape index (κ2) is 7.76. The Balaban J connectivity index is 1.63. The molecule has 4 nitrogen and oxygen atoms in total. The van der Waals surface area contributed by atoms with E-state index in [1.807, 2.05) is 12.3 Å². The minimum Gasteiger partial charge on any atom is -0.403 e. The topological polar surface area (TPSA) is 42.4 Å². The second-order valence-corrected chi connectivity index (χ2v) is 15.0. The number of pyridine rings is 1. The molecule has 0 saturated carbocycles. The highest BCUT2D eigenvalue weighted by Crippen LogP contribution is 2.45. The number of ketones is 1. The summed E-state index contributed by atoms with van der Waals surface area (Å²) in [6, 6.07) is 1.90. The number of aromatic nitrogens is 1. The Kier molecular flexibility index (Phi) is 5.95. The molecule has 0 N–H and O–H groups in total. The van der Waals surface area contributed by atoms with Gasteiger partial charge in [-0.15, -0.1) is 0 Å². The van der Waals surface area contributed by atoms with Crippen molar-refractivity contribution < 1.29 is 9.22 Å². The molecule has 0 bridgehead atoms. The third-order valence-corrected chi connectivity index (χ3v) is 13.2. The highest BCUT2D eigenvalue weighted by molar-refractivity contribution is 6.77. The van der Waals surface area contributed by atoms with Gasteiger partial charge in [-0.2, -0.15) is 0 Å². The van der Waals surface area contributed by atoms with Gasteiger partial charge in [-0.25, -0.2) is 0 Å². The lowest BCUT2D eigenvalue weighted by atomic mass is 9.75. The molecule has 1 spiro atoms. The van der Waals surface area contributed by atoms with Crippen molar-refractivity contribution in [3.63, 3.8) is 0 Å². The molecule has 0 unspecified atom stereocenters. The van der Waals surface area contributed by atoms with Crippen LogP contribution >= 0.6 is 0 Å². The zero-order valence-corrected chi connectivity index (χ0v) is 18.9. The number of nitrogens with zero attached hydrogens (tertiary/aromatic N) is 2. The van der Waals surface area contributed by atoms with E-state index in [9.17, 15) is 4.79 Å². The molecular formula is C22H36N2O2Si. The molecule has 0 atom stereocenters. The summed E-state index contributed by atoms with van der Waals surface area (Å²) in [7, 11) is -1.83. The van der Waals surface area contributed by atoms with Crippen molar-refractivity contribution in [3.05, 3.63) is 29.6 Å². The minimum atomic E-state index is -1.83. The highest BCUT2D eigenvalue weighted by atomic mass is 28.4. The lowest BCUT2D eigenvalue weighted by Crippen LogP contribution is -2.51. The normalized spacial score (nSPS) is 20.3. The fourth-order valence-electron chi connectivity index (χ4n) is 5.74. The Hall–Kier alpha value is -1.04. The van der Waals surface area contributed by atoms with Crippen LogP contribution in [0.5, 0.6) is 0 Å². The summed E-state index contributed by atoms with van der Waals surface area (Å²) in [6.45, 7) is 16.6. The molecule has 0 amide bonds. The molecule has 5 heteroatoms. The molecule has 1 saturated heterocycles. The Bertz CT molecular complexity index is 657. The Labute approximate surface area is 165 Å². The van der Waals surface area contributed by atoms with Crippen molar-refractivity contribution in [2.75, 3.05) is 19.8 Å². The number of carbonyl (C=O) groups is 1. The number of Topliss-reactive ketones (excluding diaryl/α,β-unsaturated/α-hetero) is 1. The predicted molar refractivity (Wildman–Crippen MR) is 113 cm³/mol. The van der Waals surface area contributed by atoms with Crippen LogP contribution in [-0.2, 0) is 10.8 Å². The van der Waals surface area contributed by atoms with Crippen LogP contribution < -0.4 is 0 Å². The van der Waals surface area contributed by atoms with Gasteiger partial charge >= 0.3 is 0 Å². The quantitative estimate of drug-likeness (QED) is 0.639. The summed E-state index contributed by atoms with van der Waals surface area (Å²) in [5.41, 5.74) is 3.66. The molecule has 0 radical (unpaired) electrons. The van der Waals surface area contributed by atoms with E-state index in [2.05, 4.69) is 51.4 Å². The van der Waals surface area contributed by atoms with Crippen molar-refractivity contribution in [1.82, 2.24) is 9.88 Å². The first kappa shape index (κ1) is 20.7. The van der Waals surface area contributed by atoms with E-state index in [-0.39, 0.29) is 5.41 Å². The highest BCUT2D eigenvalue weighted by Gasteiger charge is 2.48. The number of hydrogen-bond donors (Lipinski definition) is 0. The van der Waals surface area contributed by atoms with Gasteiger partial charge in [0, 0.05) is 36.5 Å². The molecular weight excluding hydrogens is 352 g/mol. The van der Waals surface area contributed by atoms with E-state index in [4.69, 9.17) is 4.43 Å². The van der Waals surface area contributed by atoms with Gasteiger partial charge in [0.25, 0.3) is 0 Å². The summed E-state index contributed by atoms with van der Waals surface area (Å²) >= 11 is 0.